The van der Waals surface area contributed by atoms with E-state index >= 15 is 0 Å². The minimum absolute atomic E-state index is 0.191. The largest absolute Gasteiger partial charge is 0.481 e. The minimum atomic E-state index is -0.586. The highest BCUT2D eigenvalue weighted by molar-refractivity contribution is 6.30. The summed E-state index contributed by atoms with van der Waals surface area (Å²) in [5, 5.41) is 3.51. The molecule has 1 atom stereocenters. The van der Waals surface area contributed by atoms with Gasteiger partial charge in [-0.15, -0.1) is 0 Å². The number of ether oxygens (including phenoxy) is 1. The van der Waals surface area contributed by atoms with Crippen molar-refractivity contribution < 1.29 is 9.53 Å². The zero-order valence-electron chi connectivity index (χ0n) is 13.2. The lowest BCUT2D eigenvalue weighted by atomic mass is 10.1. The van der Waals surface area contributed by atoms with Crippen LogP contribution in [0.25, 0.3) is 0 Å². The summed E-state index contributed by atoms with van der Waals surface area (Å²) in [6.45, 7) is 7.69. The van der Waals surface area contributed by atoms with Crippen molar-refractivity contribution in [3.05, 3.63) is 58.1 Å². The quantitative estimate of drug-likeness (QED) is 0.889. The number of hydrogen-bond acceptors (Lipinski definition) is 2. The van der Waals surface area contributed by atoms with Crippen LogP contribution in [0.2, 0.25) is 5.02 Å². The van der Waals surface area contributed by atoms with Crippen LogP contribution in [0.5, 0.6) is 5.75 Å². The molecule has 3 nitrogen and oxygen atoms in total. The van der Waals surface area contributed by atoms with E-state index in [9.17, 15) is 4.79 Å². The number of amides is 1. The number of aryl methyl sites for hydroxylation is 3. The maximum atomic E-state index is 12.2. The van der Waals surface area contributed by atoms with E-state index in [-0.39, 0.29) is 5.91 Å². The van der Waals surface area contributed by atoms with Gasteiger partial charge in [0.25, 0.3) is 5.91 Å². The Morgan fingerprint density at radius 1 is 1.05 bits per heavy atom. The number of benzene rings is 2. The first kappa shape index (κ1) is 16.4. The summed E-state index contributed by atoms with van der Waals surface area (Å²) in [7, 11) is 0. The van der Waals surface area contributed by atoms with Gasteiger partial charge < -0.3 is 10.1 Å². The molecule has 1 amide bonds. The van der Waals surface area contributed by atoms with Crippen molar-refractivity contribution in [2.75, 3.05) is 5.32 Å². The molecule has 116 valence electrons. The van der Waals surface area contributed by atoms with Gasteiger partial charge in [-0.25, -0.2) is 0 Å². The van der Waals surface area contributed by atoms with Gasteiger partial charge in [0.1, 0.15) is 5.75 Å². The monoisotopic (exact) mass is 317 g/mol. The summed E-state index contributed by atoms with van der Waals surface area (Å²) in [6, 6.07) is 11.1. The predicted octanol–water partition coefficient (Wildman–Crippen LogP) is 4.67. The van der Waals surface area contributed by atoms with Crippen LogP contribution in [0.3, 0.4) is 0 Å². The van der Waals surface area contributed by atoms with Crippen molar-refractivity contribution in [1.82, 2.24) is 0 Å². The Morgan fingerprint density at radius 2 is 1.77 bits per heavy atom. The second kappa shape index (κ2) is 6.84. The van der Waals surface area contributed by atoms with Crippen molar-refractivity contribution in [1.29, 1.82) is 0 Å². The number of halogens is 1. The molecular weight excluding hydrogens is 298 g/mol. The molecule has 0 saturated carbocycles. The van der Waals surface area contributed by atoms with Gasteiger partial charge >= 0.3 is 0 Å². The van der Waals surface area contributed by atoms with E-state index in [4.69, 9.17) is 16.3 Å². The van der Waals surface area contributed by atoms with Crippen LogP contribution < -0.4 is 10.1 Å². The van der Waals surface area contributed by atoms with Crippen LogP contribution in [0, 0.1) is 20.8 Å². The maximum absolute atomic E-state index is 12.2. The lowest BCUT2D eigenvalue weighted by Crippen LogP contribution is -2.30. The highest BCUT2D eigenvalue weighted by atomic mass is 35.5. The third-order valence-corrected chi connectivity index (χ3v) is 3.84. The van der Waals surface area contributed by atoms with Crippen LogP contribution in [-0.4, -0.2) is 12.0 Å². The Kier molecular flexibility index (Phi) is 5.09. The molecule has 2 rings (SSSR count). The molecule has 0 aliphatic heterocycles. The van der Waals surface area contributed by atoms with E-state index in [1.165, 1.54) is 5.56 Å². The highest BCUT2D eigenvalue weighted by Gasteiger charge is 2.16. The molecule has 0 spiro atoms. The second-order valence-corrected chi connectivity index (χ2v) is 5.89. The highest BCUT2D eigenvalue weighted by Crippen LogP contribution is 2.21. The van der Waals surface area contributed by atoms with Gasteiger partial charge in [0, 0.05) is 10.7 Å². The Balaban J connectivity index is 2.04. The van der Waals surface area contributed by atoms with E-state index < -0.39 is 6.10 Å². The van der Waals surface area contributed by atoms with E-state index in [1.54, 1.807) is 19.1 Å². The van der Waals surface area contributed by atoms with Gasteiger partial charge in [0.2, 0.25) is 0 Å². The van der Waals surface area contributed by atoms with Gasteiger partial charge in [-0.3, -0.25) is 4.79 Å². The van der Waals surface area contributed by atoms with E-state index in [0.717, 1.165) is 16.8 Å². The molecule has 0 saturated heterocycles. The molecule has 0 radical (unpaired) electrons. The number of carbonyl (C=O) groups excluding carboxylic acids is 1. The molecular formula is C18H20ClNO2. The summed E-state index contributed by atoms with van der Waals surface area (Å²) < 4.78 is 5.71. The molecule has 0 bridgehead atoms. The summed E-state index contributed by atoms with van der Waals surface area (Å²) >= 11 is 5.91. The molecule has 22 heavy (non-hydrogen) atoms. The Morgan fingerprint density at radius 3 is 2.41 bits per heavy atom. The molecule has 0 fully saturated rings. The van der Waals surface area contributed by atoms with Crippen LogP contribution in [0.15, 0.2) is 36.4 Å². The Labute approximate surface area is 136 Å². The third-order valence-electron chi connectivity index (χ3n) is 3.61. The molecule has 2 aromatic carbocycles. The molecule has 4 heteroatoms. The van der Waals surface area contributed by atoms with Crippen molar-refractivity contribution in [3.8, 4) is 5.75 Å². The van der Waals surface area contributed by atoms with Gasteiger partial charge in [0.15, 0.2) is 6.10 Å². The number of anilines is 1. The topological polar surface area (TPSA) is 38.3 Å². The standard InChI is InChI=1S/C18H20ClNO2/c1-11-5-7-16(10-12(11)2)22-14(4)18(21)20-17-8-6-15(19)9-13(17)3/h5-10,14H,1-4H3,(H,20,21)/t14-/m1/s1. The lowest BCUT2D eigenvalue weighted by molar-refractivity contribution is -0.122. The van der Waals surface area contributed by atoms with Crippen molar-refractivity contribution in [2.24, 2.45) is 0 Å². The second-order valence-electron chi connectivity index (χ2n) is 5.45. The third kappa shape index (κ3) is 4.01. The number of nitrogens with one attached hydrogen (secondary N) is 1. The zero-order valence-corrected chi connectivity index (χ0v) is 14.0. The van der Waals surface area contributed by atoms with Crippen LogP contribution in [-0.2, 0) is 4.79 Å². The maximum Gasteiger partial charge on any atom is 0.265 e. The minimum Gasteiger partial charge on any atom is -0.481 e. The number of carbonyl (C=O) groups is 1. The van der Waals surface area contributed by atoms with Crippen molar-refractivity contribution >= 4 is 23.2 Å². The Bertz CT molecular complexity index is 697. The average molecular weight is 318 g/mol. The normalized spacial score (nSPS) is 11.9. The fourth-order valence-electron chi connectivity index (χ4n) is 2.05. The molecule has 1 N–H and O–H groups in total. The first-order chi connectivity index (χ1) is 10.4. The van der Waals surface area contributed by atoms with Crippen molar-refractivity contribution in [2.45, 2.75) is 33.8 Å². The van der Waals surface area contributed by atoms with Crippen LogP contribution >= 0.6 is 11.6 Å². The number of rotatable bonds is 4. The van der Waals surface area contributed by atoms with Gasteiger partial charge in [-0.1, -0.05) is 17.7 Å². The zero-order chi connectivity index (χ0) is 16.3. The molecule has 0 unspecified atom stereocenters. The number of hydrogen-bond donors (Lipinski definition) is 1. The summed E-state index contributed by atoms with van der Waals surface area (Å²) in [6.07, 6.45) is -0.586. The summed E-state index contributed by atoms with van der Waals surface area (Å²) in [5.74, 6) is 0.502. The Hall–Kier alpha value is -2.00. The first-order valence-corrected chi connectivity index (χ1v) is 7.55. The smallest absolute Gasteiger partial charge is 0.265 e. The van der Waals surface area contributed by atoms with E-state index in [2.05, 4.69) is 5.32 Å². The molecule has 0 aromatic heterocycles. The fourth-order valence-corrected chi connectivity index (χ4v) is 2.27. The van der Waals surface area contributed by atoms with Crippen LogP contribution in [0.1, 0.15) is 23.6 Å². The van der Waals surface area contributed by atoms with Gasteiger partial charge in [-0.2, -0.15) is 0 Å². The molecule has 0 heterocycles. The fraction of sp³-hybridized carbons (Fsp3) is 0.278. The van der Waals surface area contributed by atoms with Crippen molar-refractivity contribution in [3.63, 3.8) is 0 Å². The molecule has 2 aromatic rings. The van der Waals surface area contributed by atoms with Gasteiger partial charge in [0.05, 0.1) is 0 Å². The molecule has 0 aliphatic carbocycles. The van der Waals surface area contributed by atoms with Gasteiger partial charge in [-0.05, 0) is 74.7 Å². The van der Waals surface area contributed by atoms with Crippen LogP contribution in [0.4, 0.5) is 5.69 Å². The van der Waals surface area contributed by atoms with E-state index in [0.29, 0.717) is 10.8 Å². The average Bonchev–Trinajstić information content (AvgIpc) is 2.45. The SMILES string of the molecule is Cc1ccc(O[C@H](C)C(=O)Nc2ccc(Cl)cc2C)cc1C. The van der Waals surface area contributed by atoms with E-state index in [1.807, 2.05) is 45.0 Å². The lowest BCUT2D eigenvalue weighted by Gasteiger charge is -2.16. The first-order valence-electron chi connectivity index (χ1n) is 7.18. The predicted molar refractivity (Wildman–Crippen MR) is 90.8 cm³/mol. The summed E-state index contributed by atoms with van der Waals surface area (Å²) in [4.78, 5) is 12.2. The molecule has 0 aliphatic rings. The summed E-state index contributed by atoms with van der Waals surface area (Å²) in [5.41, 5.74) is 3.99.